The molecule has 0 fully saturated rings. The van der Waals surface area contributed by atoms with Gasteiger partial charge >= 0.3 is 5.88 Å². The standard InChI is InChI=1S/C24BF20.C17H15N4O/c26-5-1(6(27)14(35)21(42)13(5)34)25(2-7(28)15(36)22(43)16(37)8(2)29,3-9(30)17(38)23(44)18(39)10(3)31)4-11(32)19(40)24(45)20(41)12(4)33;18-20-19-13-22-17-11-10-15-8-4-5-9-16(15)21(17)12-14-6-2-1-3-7-14/h;1-11H,12-13H2/q-1;+1. The molecule has 0 aliphatic carbocycles. The fourth-order valence-corrected chi connectivity index (χ4v) is 7.29. The zero-order valence-electron chi connectivity index (χ0n) is 32.1. The molecular weight excluding hydrogens is 955 g/mol. The monoisotopic (exact) mass is 970 g/mol. The molecule has 0 aliphatic heterocycles. The first-order valence-electron chi connectivity index (χ1n) is 17.9. The van der Waals surface area contributed by atoms with E-state index in [1.54, 1.807) is 0 Å². The Kier molecular flexibility index (Phi) is 13.7. The van der Waals surface area contributed by atoms with Gasteiger partial charge in [0.25, 0.3) is 0 Å². The molecule has 348 valence electrons. The first kappa shape index (κ1) is 48.9. The Morgan fingerprint density at radius 1 is 0.403 bits per heavy atom. The van der Waals surface area contributed by atoms with Crippen molar-refractivity contribution < 1.29 is 97.1 Å². The Bertz CT molecular complexity index is 2810. The highest BCUT2D eigenvalue weighted by atomic mass is 19.2. The zero-order valence-corrected chi connectivity index (χ0v) is 32.1. The molecule has 0 atom stereocenters. The van der Waals surface area contributed by atoms with Gasteiger partial charge in [-0.3, -0.25) is 0 Å². The maximum absolute atomic E-state index is 15.4. The first-order valence-corrected chi connectivity index (χ1v) is 17.9. The Morgan fingerprint density at radius 3 is 1.06 bits per heavy atom. The number of aromatic nitrogens is 1. The van der Waals surface area contributed by atoms with Crippen LogP contribution < -0.4 is 31.2 Å². The van der Waals surface area contributed by atoms with Crippen LogP contribution in [0.2, 0.25) is 0 Å². The highest BCUT2D eigenvalue weighted by Gasteiger charge is 2.52. The van der Waals surface area contributed by atoms with Gasteiger partial charge in [0, 0.05) is 21.9 Å². The van der Waals surface area contributed by atoms with E-state index in [4.69, 9.17) is 10.3 Å². The Labute approximate surface area is 359 Å². The number of para-hydroxylation sites is 1. The van der Waals surface area contributed by atoms with Crippen LogP contribution in [0.25, 0.3) is 21.3 Å². The number of azide groups is 1. The molecule has 1 heterocycles. The smallest absolute Gasteiger partial charge is 0.368 e. The number of benzene rings is 6. The van der Waals surface area contributed by atoms with Gasteiger partial charge in [0.1, 0.15) is 52.7 Å². The molecule has 0 spiro atoms. The third-order valence-corrected chi connectivity index (χ3v) is 10.1. The molecule has 0 saturated carbocycles. The van der Waals surface area contributed by atoms with Crippen molar-refractivity contribution in [2.24, 2.45) is 5.11 Å². The lowest BCUT2D eigenvalue weighted by molar-refractivity contribution is -0.668. The van der Waals surface area contributed by atoms with Crippen LogP contribution in [0.5, 0.6) is 5.88 Å². The number of halogens is 20. The van der Waals surface area contributed by atoms with Crippen molar-refractivity contribution in [2.75, 3.05) is 6.73 Å². The third-order valence-electron chi connectivity index (χ3n) is 10.1. The summed E-state index contributed by atoms with van der Waals surface area (Å²) in [5, 5.41) is 4.57. The van der Waals surface area contributed by atoms with Crippen LogP contribution in [0.1, 0.15) is 5.56 Å². The number of hydrogen-bond acceptors (Lipinski definition) is 2. The lowest BCUT2D eigenvalue weighted by atomic mass is 9.12. The zero-order chi connectivity index (χ0) is 49.6. The molecule has 0 bridgehead atoms. The van der Waals surface area contributed by atoms with Crippen molar-refractivity contribution in [1.82, 2.24) is 0 Å². The summed E-state index contributed by atoms with van der Waals surface area (Å²) in [6, 6.07) is 22.2. The van der Waals surface area contributed by atoms with Gasteiger partial charge in [0.05, 0.1) is 6.07 Å². The van der Waals surface area contributed by atoms with Gasteiger partial charge in [-0.05, 0) is 17.7 Å². The molecular formula is C41H15BF20N4O. The van der Waals surface area contributed by atoms with Gasteiger partial charge in [0.2, 0.25) is 5.52 Å². The highest BCUT2D eigenvalue weighted by molar-refractivity contribution is 7.20. The molecule has 7 rings (SSSR count). The number of hydrogen-bond donors (Lipinski definition) is 0. The highest BCUT2D eigenvalue weighted by Crippen LogP contribution is 2.31. The van der Waals surface area contributed by atoms with Gasteiger partial charge in [-0.2, -0.15) is 4.57 Å². The van der Waals surface area contributed by atoms with Crippen molar-refractivity contribution in [3.05, 3.63) is 199 Å². The lowest BCUT2D eigenvalue weighted by Crippen LogP contribution is -2.81. The SMILES string of the molecule is Fc1c(F)c(F)c([B-](c2c(F)c(F)c(F)c(F)c2F)(c2c(F)c(F)c(F)c(F)c2F)c2c(F)c(F)c(F)c(F)c2F)c(F)c1F.[N-]=[N+]=NCOc1ccc2ccccc2[n+]1Cc1ccccc1. The van der Waals surface area contributed by atoms with Gasteiger partial charge in [-0.15, -0.1) is 21.9 Å². The van der Waals surface area contributed by atoms with Crippen molar-refractivity contribution in [2.45, 2.75) is 6.54 Å². The van der Waals surface area contributed by atoms with Crippen molar-refractivity contribution in [3.8, 4) is 5.88 Å². The van der Waals surface area contributed by atoms with E-state index in [1.165, 1.54) is 5.56 Å². The summed E-state index contributed by atoms with van der Waals surface area (Å²) in [7, 11) is 0. The normalized spacial score (nSPS) is 11.4. The maximum Gasteiger partial charge on any atom is 0.368 e. The minimum atomic E-state index is -7.22. The Hall–Kier alpha value is -7.50. The molecule has 0 saturated heterocycles. The van der Waals surface area contributed by atoms with Gasteiger partial charge in [-0.25, -0.2) is 87.8 Å². The van der Waals surface area contributed by atoms with Crippen molar-refractivity contribution >= 4 is 38.9 Å². The van der Waals surface area contributed by atoms with Crippen LogP contribution in [0.15, 0.2) is 71.8 Å². The van der Waals surface area contributed by atoms with Gasteiger partial charge in [0.15, 0.2) is 83.1 Å². The molecule has 5 nitrogen and oxygen atoms in total. The number of pyridine rings is 1. The molecule has 0 aliphatic rings. The largest absolute Gasteiger partial charge is 0.438 e. The predicted octanol–water partition coefficient (Wildman–Crippen LogP) is 9.67. The third kappa shape index (κ3) is 7.93. The fourth-order valence-electron chi connectivity index (χ4n) is 7.29. The van der Waals surface area contributed by atoms with Crippen LogP contribution in [0.4, 0.5) is 87.8 Å². The summed E-state index contributed by atoms with van der Waals surface area (Å²) in [5.74, 6) is -70.7. The maximum atomic E-state index is 15.4. The van der Waals surface area contributed by atoms with E-state index in [1.807, 2.05) is 42.5 Å². The predicted molar refractivity (Wildman–Crippen MR) is 194 cm³/mol. The van der Waals surface area contributed by atoms with Crippen LogP contribution in [-0.4, -0.2) is 12.9 Å². The fraction of sp³-hybridized carbons (Fsp3) is 0.0488. The molecule has 0 unspecified atom stereocenters. The van der Waals surface area contributed by atoms with Gasteiger partial charge < -0.3 is 4.74 Å². The summed E-state index contributed by atoms with van der Waals surface area (Å²) in [6.07, 6.45) is -7.22. The van der Waals surface area contributed by atoms with E-state index in [9.17, 15) is 52.7 Å². The number of rotatable bonds is 9. The Balaban J connectivity index is 0.000000279. The average molecular weight is 970 g/mol. The molecule has 6 aromatic carbocycles. The number of nitrogens with zero attached hydrogens (tertiary/aromatic N) is 4. The second-order valence-corrected chi connectivity index (χ2v) is 13.6. The van der Waals surface area contributed by atoms with Crippen LogP contribution in [0, 0.1) is 116 Å². The summed E-state index contributed by atoms with van der Waals surface area (Å²) in [6.45, 7) is 0.664. The summed E-state index contributed by atoms with van der Waals surface area (Å²) >= 11 is 0. The molecule has 26 heteroatoms. The van der Waals surface area contributed by atoms with E-state index in [2.05, 4.69) is 38.9 Å². The summed E-state index contributed by atoms with van der Waals surface area (Å²) < 4.78 is 302. The van der Waals surface area contributed by atoms with Crippen molar-refractivity contribution in [3.63, 3.8) is 0 Å². The second-order valence-electron chi connectivity index (χ2n) is 13.6. The van der Waals surface area contributed by atoms with E-state index in [0.717, 1.165) is 10.9 Å². The van der Waals surface area contributed by atoms with E-state index < -0.39 is 144 Å². The number of fused-ring (bicyclic) bond motifs is 1. The summed E-state index contributed by atoms with van der Waals surface area (Å²) in [4.78, 5) is 2.72. The molecule has 0 N–H and O–H groups in total. The average Bonchev–Trinajstić information content (AvgIpc) is 3.32. The molecule has 0 amide bonds. The first-order chi connectivity index (χ1) is 31.6. The van der Waals surface area contributed by atoms with Crippen LogP contribution in [0.3, 0.4) is 0 Å². The lowest BCUT2D eigenvalue weighted by Gasteiger charge is -2.44. The molecule has 67 heavy (non-hydrogen) atoms. The minimum Gasteiger partial charge on any atom is -0.438 e. The summed E-state index contributed by atoms with van der Waals surface area (Å²) in [5.41, 5.74) is -3.69. The molecule has 7 aromatic rings. The minimum absolute atomic E-state index is 0.0242. The van der Waals surface area contributed by atoms with Gasteiger partial charge in [-0.1, -0.05) is 47.6 Å². The van der Waals surface area contributed by atoms with E-state index in [-0.39, 0.29) is 6.73 Å². The van der Waals surface area contributed by atoms with E-state index >= 15 is 35.1 Å². The molecule has 1 aromatic heterocycles. The van der Waals surface area contributed by atoms with E-state index in [0.29, 0.717) is 12.4 Å². The topological polar surface area (TPSA) is 61.9 Å². The number of ether oxygens (including phenoxy) is 1. The Morgan fingerprint density at radius 2 is 0.716 bits per heavy atom. The molecule has 0 radical (unpaired) electrons. The quantitative estimate of drug-likeness (QED) is 0.0208. The second kappa shape index (κ2) is 18.8. The van der Waals surface area contributed by atoms with Crippen LogP contribution in [-0.2, 0) is 6.54 Å². The van der Waals surface area contributed by atoms with Crippen LogP contribution >= 0.6 is 0 Å². The van der Waals surface area contributed by atoms with Crippen molar-refractivity contribution in [1.29, 1.82) is 0 Å².